The van der Waals surface area contributed by atoms with Gasteiger partial charge < -0.3 is 14.4 Å². The Kier molecular flexibility index (Phi) is 6.76. The highest BCUT2D eigenvalue weighted by molar-refractivity contribution is 7.18. The van der Waals surface area contributed by atoms with E-state index in [0.717, 1.165) is 40.2 Å². The number of hydrogen-bond acceptors (Lipinski definition) is 7. The molecule has 0 bridgehead atoms. The highest BCUT2D eigenvalue weighted by Gasteiger charge is 2.27. The molecule has 1 aliphatic heterocycles. The Labute approximate surface area is 166 Å². The predicted octanol–water partition coefficient (Wildman–Crippen LogP) is 2.66. The standard InChI is InChI=1S/C20H22N2O5S/c1-2-26-18(24)9-10-19(25)27-13-17(23)22-11-5-6-14(12-22)20-21-15-7-3-4-8-16(15)28-20/h3-4,7-10,14H,2,5-6,11-13H2,1H3/b10-9+/t14-/m1/s1. The fraction of sp³-hybridized carbons (Fsp3) is 0.400. The number of carbonyl (C=O) groups is 3. The number of para-hydroxylation sites is 1. The predicted molar refractivity (Wildman–Crippen MR) is 105 cm³/mol. The molecule has 0 radical (unpaired) electrons. The Morgan fingerprint density at radius 1 is 1.21 bits per heavy atom. The molecule has 1 saturated heterocycles. The third kappa shape index (κ3) is 5.16. The normalized spacial score (nSPS) is 17.0. The van der Waals surface area contributed by atoms with E-state index in [4.69, 9.17) is 9.72 Å². The number of benzene rings is 1. The van der Waals surface area contributed by atoms with E-state index in [2.05, 4.69) is 4.74 Å². The molecule has 0 saturated carbocycles. The third-order valence-electron chi connectivity index (χ3n) is 4.41. The Hall–Kier alpha value is -2.74. The zero-order valence-corrected chi connectivity index (χ0v) is 16.4. The highest BCUT2D eigenvalue weighted by Crippen LogP contribution is 2.32. The van der Waals surface area contributed by atoms with E-state index in [1.807, 2.05) is 24.3 Å². The van der Waals surface area contributed by atoms with Gasteiger partial charge in [0, 0.05) is 31.2 Å². The summed E-state index contributed by atoms with van der Waals surface area (Å²) in [5.41, 5.74) is 0.980. The summed E-state index contributed by atoms with van der Waals surface area (Å²) in [6, 6.07) is 7.99. The SMILES string of the molecule is CCOC(=O)/C=C/C(=O)OCC(=O)N1CCC[C@@H](c2nc3ccccc3s2)C1. The van der Waals surface area contributed by atoms with Crippen LogP contribution in [0.25, 0.3) is 10.2 Å². The van der Waals surface area contributed by atoms with Crippen LogP contribution in [0.2, 0.25) is 0 Å². The summed E-state index contributed by atoms with van der Waals surface area (Å²) in [4.78, 5) is 41.6. The van der Waals surface area contributed by atoms with Gasteiger partial charge in [-0.25, -0.2) is 14.6 Å². The van der Waals surface area contributed by atoms with Crippen molar-refractivity contribution < 1.29 is 23.9 Å². The highest BCUT2D eigenvalue weighted by atomic mass is 32.1. The van der Waals surface area contributed by atoms with Gasteiger partial charge in [-0.2, -0.15) is 0 Å². The quantitative estimate of drug-likeness (QED) is 0.545. The van der Waals surface area contributed by atoms with Crippen LogP contribution in [0.1, 0.15) is 30.7 Å². The molecule has 7 nitrogen and oxygen atoms in total. The summed E-state index contributed by atoms with van der Waals surface area (Å²) in [6.07, 6.45) is 3.81. The van der Waals surface area contributed by atoms with Gasteiger partial charge in [-0.3, -0.25) is 4.79 Å². The molecule has 2 aromatic rings. The number of rotatable bonds is 6. The molecule has 8 heteroatoms. The molecule has 1 amide bonds. The lowest BCUT2D eigenvalue weighted by molar-refractivity contribution is -0.149. The van der Waals surface area contributed by atoms with Gasteiger partial charge in [-0.05, 0) is 31.9 Å². The van der Waals surface area contributed by atoms with Crippen LogP contribution in [0.5, 0.6) is 0 Å². The topological polar surface area (TPSA) is 85.8 Å². The third-order valence-corrected chi connectivity index (χ3v) is 5.61. The van der Waals surface area contributed by atoms with E-state index in [1.165, 1.54) is 0 Å². The largest absolute Gasteiger partial charge is 0.463 e. The first-order chi connectivity index (χ1) is 13.6. The molecule has 0 aliphatic carbocycles. The van der Waals surface area contributed by atoms with Crippen molar-refractivity contribution in [2.24, 2.45) is 0 Å². The number of amides is 1. The molecule has 28 heavy (non-hydrogen) atoms. The van der Waals surface area contributed by atoms with Crippen molar-refractivity contribution in [2.75, 3.05) is 26.3 Å². The summed E-state index contributed by atoms with van der Waals surface area (Å²) in [7, 11) is 0. The van der Waals surface area contributed by atoms with Crippen LogP contribution < -0.4 is 0 Å². The smallest absolute Gasteiger partial charge is 0.331 e. The van der Waals surface area contributed by atoms with Crippen molar-refractivity contribution >= 4 is 39.4 Å². The van der Waals surface area contributed by atoms with Crippen LogP contribution in [0.15, 0.2) is 36.4 Å². The molecule has 2 heterocycles. The monoisotopic (exact) mass is 402 g/mol. The average molecular weight is 402 g/mol. The van der Waals surface area contributed by atoms with Crippen molar-refractivity contribution in [3.63, 3.8) is 0 Å². The second-order valence-corrected chi connectivity index (χ2v) is 7.45. The lowest BCUT2D eigenvalue weighted by Gasteiger charge is -2.31. The number of piperidine rings is 1. The van der Waals surface area contributed by atoms with E-state index in [0.29, 0.717) is 13.1 Å². The fourth-order valence-corrected chi connectivity index (χ4v) is 4.16. The zero-order valence-electron chi connectivity index (χ0n) is 15.6. The maximum Gasteiger partial charge on any atom is 0.331 e. The van der Waals surface area contributed by atoms with Gasteiger partial charge in [0.1, 0.15) is 0 Å². The summed E-state index contributed by atoms with van der Waals surface area (Å²) in [5.74, 6) is -1.43. The fourth-order valence-electron chi connectivity index (χ4n) is 3.07. The second kappa shape index (κ2) is 9.45. The molecule has 1 aromatic heterocycles. The van der Waals surface area contributed by atoms with E-state index < -0.39 is 11.9 Å². The average Bonchev–Trinajstić information content (AvgIpc) is 3.15. The molecular formula is C20H22N2O5S. The van der Waals surface area contributed by atoms with Crippen molar-refractivity contribution in [1.29, 1.82) is 0 Å². The maximum absolute atomic E-state index is 12.4. The molecule has 1 fully saturated rings. The van der Waals surface area contributed by atoms with Crippen molar-refractivity contribution in [3.05, 3.63) is 41.4 Å². The molecule has 0 unspecified atom stereocenters. The summed E-state index contributed by atoms with van der Waals surface area (Å²) < 4.78 is 10.8. The van der Waals surface area contributed by atoms with E-state index in [-0.39, 0.29) is 25.0 Å². The Bertz CT molecular complexity index is 859. The first kappa shape index (κ1) is 20.0. The lowest BCUT2D eigenvalue weighted by Crippen LogP contribution is -2.41. The summed E-state index contributed by atoms with van der Waals surface area (Å²) in [6.45, 7) is 2.74. The van der Waals surface area contributed by atoms with E-state index >= 15 is 0 Å². The van der Waals surface area contributed by atoms with Crippen LogP contribution in [-0.4, -0.2) is 54.0 Å². The van der Waals surface area contributed by atoms with Crippen molar-refractivity contribution in [2.45, 2.75) is 25.7 Å². The summed E-state index contributed by atoms with van der Waals surface area (Å²) >= 11 is 1.66. The van der Waals surface area contributed by atoms with Gasteiger partial charge in [0.05, 0.1) is 21.8 Å². The molecule has 0 spiro atoms. The number of aromatic nitrogens is 1. The molecule has 1 atom stereocenters. The number of nitrogens with zero attached hydrogens (tertiary/aromatic N) is 2. The first-order valence-corrected chi connectivity index (χ1v) is 10.0. The summed E-state index contributed by atoms with van der Waals surface area (Å²) in [5, 5.41) is 1.04. The van der Waals surface area contributed by atoms with Crippen LogP contribution >= 0.6 is 11.3 Å². The second-order valence-electron chi connectivity index (χ2n) is 6.39. The molecule has 148 valence electrons. The van der Waals surface area contributed by atoms with Gasteiger partial charge in [0.15, 0.2) is 6.61 Å². The minimum Gasteiger partial charge on any atom is -0.463 e. The Balaban J connectivity index is 1.53. The first-order valence-electron chi connectivity index (χ1n) is 9.21. The molecule has 1 aliphatic rings. The van der Waals surface area contributed by atoms with Crippen LogP contribution in [0.3, 0.4) is 0 Å². The molecule has 1 aromatic carbocycles. The van der Waals surface area contributed by atoms with Gasteiger partial charge in [0.2, 0.25) is 0 Å². The van der Waals surface area contributed by atoms with Crippen LogP contribution in [-0.2, 0) is 23.9 Å². The van der Waals surface area contributed by atoms with E-state index in [1.54, 1.807) is 23.2 Å². The zero-order chi connectivity index (χ0) is 19.9. The number of hydrogen-bond donors (Lipinski definition) is 0. The number of fused-ring (bicyclic) bond motifs is 1. The van der Waals surface area contributed by atoms with Crippen molar-refractivity contribution in [3.8, 4) is 0 Å². The number of ether oxygens (including phenoxy) is 2. The lowest BCUT2D eigenvalue weighted by atomic mass is 9.99. The Morgan fingerprint density at radius 3 is 2.71 bits per heavy atom. The maximum atomic E-state index is 12.4. The van der Waals surface area contributed by atoms with Gasteiger partial charge >= 0.3 is 11.9 Å². The van der Waals surface area contributed by atoms with Crippen molar-refractivity contribution in [1.82, 2.24) is 9.88 Å². The number of carbonyl (C=O) groups excluding carboxylic acids is 3. The van der Waals surface area contributed by atoms with Gasteiger partial charge in [-0.15, -0.1) is 11.3 Å². The number of likely N-dealkylation sites (tertiary alicyclic amines) is 1. The molecular weight excluding hydrogens is 380 g/mol. The van der Waals surface area contributed by atoms with Crippen LogP contribution in [0.4, 0.5) is 0 Å². The minimum atomic E-state index is -0.749. The van der Waals surface area contributed by atoms with Gasteiger partial charge in [0.25, 0.3) is 5.91 Å². The van der Waals surface area contributed by atoms with Crippen LogP contribution in [0, 0.1) is 0 Å². The van der Waals surface area contributed by atoms with E-state index in [9.17, 15) is 14.4 Å². The Morgan fingerprint density at radius 2 is 1.96 bits per heavy atom. The molecule has 0 N–H and O–H groups in total. The number of esters is 2. The van der Waals surface area contributed by atoms with Gasteiger partial charge in [-0.1, -0.05) is 12.1 Å². The number of thiazole rings is 1. The molecule has 3 rings (SSSR count). The minimum absolute atomic E-state index is 0.189.